The van der Waals surface area contributed by atoms with E-state index in [-0.39, 0.29) is 31.1 Å². The van der Waals surface area contributed by atoms with Crippen LogP contribution in [-0.2, 0) is 28.6 Å². The number of rotatable bonds is 50. The Labute approximate surface area is 380 Å². The highest BCUT2D eigenvalue weighted by Gasteiger charge is 2.19. The lowest BCUT2D eigenvalue weighted by Crippen LogP contribution is -2.30. The lowest BCUT2D eigenvalue weighted by molar-refractivity contribution is -0.167. The Kier molecular flexibility index (Phi) is 48.1. The molecule has 0 bridgehead atoms. The van der Waals surface area contributed by atoms with E-state index in [2.05, 4.69) is 27.7 Å². The summed E-state index contributed by atoms with van der Waals surface area (Å²) in [6.45, 7) is 9.02. The van der Waals surface area contributed by atoms with Crippen LogP contribution in [0.2, 0.25) is 0 Å². The summed E-state index contributed by atoms with van der Waals surface area (Å²) in [7, 11) is 0. The first-order valence-electron chi connectivity index (χ1n) is 27.4. The average molecular weight is 863 g/mol. The van der Waals surface area contributed by atoms with Gasteiger partial charge in [0.05, 0.1) is 0 Å². The number of hydrogen-bond donors (Lipinski definition) is 0. The van der Waals surface area contributed by atoms with E-state index in [1.54, 1.807) is 0 Å². The fourth-order valence-electron chi connectivity index (χ4n) is 8.39. The van der Waals surface area contributed by atoms with Crippen LogP contribution in [0.25, 0.3) is 0 Å². The van der Waals surface area contributed by atoms with Gasteiger partial charge in [-0.05, 0) is 25.2 Å². The van der Waals surface area contributed by atoms with Crippen LogP contribution in [0.3, 0.4) is 0 Å². The van der Waals surface area contributed by atoms with Crippen LogP contribution in [-0.4, -0.2) is 37.2 Å². The van der Waals surface area contributed by atoms with Crippen LogP contribution < -0.4 is 0 Å². The molecule has 0 aliphatic rings. The van der Waals surface area contributed by atoms with Gasteiger partial charge < -0.3 is 14.2 Å². The Hall–Kier alpha value is -1.59. The summed E-state index contributed by atoms with van der Waals surface area (Å²) in [5.74, 6) is 0.0113. The summed E-state index contributed by atoms with van der Waals surface area (Å²) >= 11 is 0. The molecule has 362 valence electrons. The summed E-state index contributed by atoms with van der Waals surface area (Å²) in [5.41, 5.74) is 0. The van der Waals surface area contributed by atoms with Crippen LogP contribution in [0.5, 0.6) is 0 Å². The molecule has 0 aliphatic heterocycles. The molecule has 0 rings (SSSR count). The van der Waals surface area contributed by atoms with E-state index in [4.69, 9.17) is 14.2 Å². The quantitative estimate of drug-likeness (QED) is 0.0344. The van der Waals surface area contributed by atoms with Crippen LogP contribution in [0, 0.1) is 5.92 Å². The molecule has 6 heteroatoms. The highest BCUT2D eigenvalue weighted by Crippen LogP contribution is 2.18. The van der Waals surface area contributed by atoms with E-state index in [1.807, 2.05) is 0 Å². The lowest BCUT2D eigenvalue weighted by Gasteiger charge is -2.18. The zero-order valence-corrected chi connectivity index (χ0v) is 41.6. The maximum atomic E-state index is 12.7. The van der Waals surface area contributed by atoms with Crippen molar-refractivity contribution < 1.29 is 28.6 Å². The maximum absolute atomic E-state index is 12.7. The standard InChI is InChI=1S/C55H106O6/c1-5-7-9-11-13-14-15-16-21-25-28-31-35-38-42-46-53(56)59-49-52(61-55(58)48-44-40-33-12-10-8-6-2)50-60-54(57)47-43-39-36-32-29-26-23-20-18-17-19-22-24-27-30-34-37-41-45-51(3)4/h51-52H,5-50H2,1-4H3/t52-/m0/s1. The molecule has 0 aromatic heterocycles. The van der Waals surface area contributed by atoms with Gasteiger partial charge in [0.2, 0.25) is 0 Å². The minimum absolute atomic E-state index is 0.0630. The van der Waals surface area contributed by atoms with Crippen molar-refractivity contribution in [3.8, 4) is 0 Å². The van der Waals surface area contributed by atoms with E-state index in [0.29, 0.717) is 19.3 Å². The molecule has 0 aliphatic carbocycles. The van der Waals surface area contributed by atoms with Gasteiger partial charge in [0, 0.05) is 19.3 Å². The van der Waals surface area contributed by atoms with Crippen LogP contribution in [0.1, 0.15) is 310 Å². The van der Waals surface area contributed by atoms with Gasteiger partial charge in [-0.2, -0.15) is 0 Å². The molecule has 0 saturated carbocycles. The van der Waals surface area contributed by atoms with E-state index in [9.17, 15) is 14.4 Å². The van der Waals surface area contributed by atoms with Crippen molar-refractivity contribution in [2.75, 3.05) is 13.2 Å². The van der Waals surface area contributed by atoms with Crippen molar-refractivity contribution in [2.45, 2.75) is 316 Å². The summed E-state index contributed by atoms with van der Waals surface area (Å²) < 4.78 is 16.8. The van der Waals surface area contributed by atoms with Crippen molar-refractivity contribution in [3.05, 3.63) is 0 Å². The Bertz CT molecular complexity index is 918. The molecule has 0 radical (unpaired) electrons. The monoisotopic (exact) mass is 863 g/mol. The second kappa shape index (κ2) is 49.4. The smallest absolute Gasteiger partial charge is 0.306 e. The van der Waals surface area contributed by atoms with Crippen molar-refractivity contribution in [1.82, 2.24) is 0 Å². The van der Waals surface area contributed by atoms with Crippen LogP contribution >= 0.6 is 0 Å². The van der Waals surface area contributed by atoms with E-state index < -0.39 is 6.10 Å². The summed E-state index contributed by atoms with van der Waals surface area (Å²) in [6.07, 6.45) is 52.5. The van der Waals surface area contributed by atoms with Crippen molar-refractivity contribution >= 4 is 17.9 Å². The van der Waals surface area contributed by atoms with Gasteiger partial charge in [-0.15, -0.1) is 0 Å². The molecular weight excluding hydrogens is 757 g/mol. The molecule has 0 amide bonds. The summed E-state index contributed by atoms with van der Waals surface area (Å²) in [6, 6.07) is 0. The van der Waals surface area contributed by atoms with Crippen molar-refractivity contribution in [3.63, 3.8) is 0 Å². The fourth-order valence-corrected chi connectivity index (χ4v) is 8.39. The Balaban J connectivity index is 4.09. The second-order valence-corrected chi connectivity index (χ2v) is 19.3. The van der Waals surface area contributed by atoms with Crippen molar-refractivity contribution in [1.29, 1.82) is 0 Å². The third-order valence-electron chi connectivity index (χ3n) is 12.5. The lowest BCUT2D eigenvalue weighted by atomic mass is 10.0. The molecule has 0 unspecified atom stereocenters. The molecule has 0 spiro atoms. The Morgan fingerprint density at radius 1 is 0.311 bits per heavy atom. The molecule has 0 aromatic rings. The molecule has 0 fully saturated rings. The number of unbranched alkanes of at least 4 members (excludes halogenated alkanes) is 37. The molecule has 0 saturated heterocycles. The number of ether oxygens (including phenoxy) is 3. The predicted octanol–water partition coefficient (Wildman–Crippen LogP) is 17.8. The van der Waals surface area contributed by atoms with Gasteiger partial charge in [-0.1, -0.05) is 272 Å². The van der Waals surface area contributed by atoms with E-state index in [0.717, 1.165) is 63.7 Å². The van der Waals surface area contributed by atoms with Gasteiger partial charge >= 0.3 is 17.9 Å². The van der Waals surface area contributed by atoms with E-state index in [1.165, 1.54) is 205 Å². The zero-order chi connectivity index (χ0) is 44.5. The zero-order valence-electron chi connectivity index (χ0n) is 41.6. The largest absolute Gasteiger partial charge is 0.462 e. The fraction of sp³-hybridized carbons (Fsp3) is 0.945. The molecule has 0 aromatic carbocycles. The Morgan fingerprint density at radius 3 is 0.803 bits per heavy atom. The highest BCUT2D eigenvalue weighted by atomic mass is 16.6. The summed E-state index contributed by atoms with van der Waals surface area (Å²) in [5, 5.41) is 0. The molecule has 1 atom stereocenters. The summed E-state index contributed by atoms with van der Waals surface area (Å²) in [4.78, 5) is 37.8. The topological polar surface area (TPSA) is 78.9 Å². The van der Waals surface area contributed by atoms with E-state index >= 15 is 0 Å². The minimum atomic E-state index is -0.759. The number of esters is 3. The third kappa shape index (κ3) is 49.3. The van der Waals surface area contributed by atoms with Gasteiger partial charge in [-0.3, -0.25) is 14.4 Å². The SMILES string of the molecule is CCCCCCCCCCCCCCCCCC(=O)OC[C@@H](COC(=O)CCCCCCCCCCCCCCCCCCCCC(C)C)OC(=O)CCCCCCCCC. The van der Waals surface area contributed by atoms with Gasteiger partial charge in [-0.25, -0.2) is 0 Å². The molecule has 6 nitrogen and oxygen atoms in total. The molecule has 0 N–H and O–H groups in total. The highest BCUT2D eigenvalue weighted by molar-refractivity contribution is 5.71. The number of hydrogen-bond acceptors (Lipinski definition) is 6. The third-order valence-corrected chi connectivity index (χ3v) is 12.5. The first-order chi connectivity index (χ1) is 29.9. The first kappa shape index (κ1) is 59.4. The number of carbonyl (C=O) groups excluding carboxylic acids is 3. The predicted molar refractivity (Wildman–Crippen MR) is 261 cm³/mol. The first-order valence-corrected chi connectivity index (χ1v) is 27.4. The maximum Gasteiger partial charge on any atom is 0.306 e. The molecular formula is C55H106O6. The van der Waals surface area contributed by atoms with Gasteiger partial charge in [0.25, 0.3) is 0 Å². The molecule has 61 heavy (non-hydrogen) atoms. The number of carbonyl (C=O) groups is 3. The van der Waals surface area contributed by atoms with Crippen molar-refractivity contribution in [2.24, 2.45) is 5.92 Å². The average Bonchev–Trinajstić information content (AvgIpc) is 3.24. The molecule has 0 heterocycles. The second-order valence-electron chi connectivity index (χ2n) is 19.3. The normalized spacial score (nSPS) is 12.0. The Morgan fingerprint density at radius 2 is 0.541 bits per heavy atom. The van der Waals surface area contributed by atoms with Gasteiger partial charge in [0.1, 0.15) is 13.2 Å². The van der Waals surface area contributed by atoms with Gasteiger partial charge in [0.15, 0.2) is 6.10 Å². The minimum Gasteiger partial charge on any atom is -0.462 e. The van der Waals surface area contributed by atoms with Crippen LogP contribution in [0.4, 0.5) is 0 Å². The van der Waals surface area contributed by atoms with Crippen LogP contribution in [0.15, 0.2) is 0 Å².